The van der Waals surface area contributed by atoms with Crippen LogP contribution in [-0.2, 0) is 14.3 Å². The summed E-state index contributed by atoms with van der Waals surface area (Å²) in [5, 5.41) is 13.0. The number of carbonyl (C=O) groups excluding carboxylic acids is 2. The molecule has 0 aromatic heterocycles. The molecule has 0 aliphatic heterocycles. The molecule has 0 unspecified atom stereocenters. The molecule has 1 aromatic rings. The van der Waals surface area contributed by atoms with Crippen molar-refractivity contribution < 1.29 is 19.2 Å². The van der Waals surface area contributed by atoms with E-state index in [1.807, 2.05) is 0 Å². The highest BCUT2D eigenvalue weighted by molar-refractivity contribution is 6.37. The van der Waals surface area contributed by atoms with Gasteiger partial charge in [0, 0.05) is 6.07 Å². The largest absolute Gasteiger partial charge is 0.459 e. The molecule has 0 aliphatic carbocycles. The molecular weight excluding hydrogens is 240 g/mol. The number of hydrogen-bond acceptors (Lipinski definition) is 5. The maximum atomic E-state index is 11.4. The number of carbonyl (C=O) groups is 2. The van der Waals surface area contributed by atoms with Crippen molar-refractivity contribution in [3.63, 3.8) is 0 Å². The summed E-state index contributed by atoms with van der Waals surface area (Å²) in [7, 11) is 0. The highest BCUT2D eigenvalue weighted by Gasteiger charge is 2.22. The van der Waals surface area contributed by atoms with Crippen molar-refractivity contribution in [2.45, 2.75) is 13.8 Å². The molecule has 7 nitrogen and oxygen atoms in total. The smallest absolute Gasteiger partial charge is 0.397 e. The van der Waals surface area contributed by atoms with Gasteiger partial charge in [0.05, 0.1) is 11.5 Å². The van der Waals surface area contributed by atoms with E-state index in [2.05, 4.69) is 10.1 Å². The molecule has 0 saturated heterocycles. The van der Waals surface area contributed by atoms with E-state index in [-0.39, 0.29) is 18.0 Å². The second kappa shape index (κ2) is 5.76. The van der Waals surface area contributed by atoms with Gasteiger partial charge in [-0.2, -0.15) is 0 Å². The topological polar surface area (TPSA) is 98.5 Å². The molecule has 1 rings (SSSR count). The van der Waals surface area contributed by atoms with E-state index >= 15 is 0 Å². The average Bonchev–Trinajstić information content (AvgIpc) is 2.31. The predicted octanol–water partition coefficient (Wildman–Crippen LogP) is 1.40. The minimum Gasteiger partial charge on any atom is -0.459 e. The fraction of sp³-hybridized carbons (Fsp3) is 0.273. The summed E-state index contributed by atoms with van der Waals surface area (Å²) >= 11 is 0. The van der Waals surface area contributed by atoms with Gasteiger partial charge in [0.1, 0.15) is 5.69 Å². The Balaban J connectivity index is 3.00. The zero-order valence-electron chi connectivity index (χ0n) is 9.93. The molecule has 0 saturated carbocycles. The monoisotopic (exact) mass is 252 g/mol. The summed E-state index contributed by atoms with van der Waals surface area (Å²) in [6.45, 7) is 3.21. The van der Waals surface area contributed by atoms with Crippen molar-refractivity contribution in [2.75, 3.05) is 11.9 Å². The minimum absolute atomic E-state index is 0.000512. The Morgan fingerprint density at radius 1 is 1.44 bits per heavy atom. The summed E-state index contributed by atoms with van der Waals surface area (Å²) in [6, 6.07) is 4.33. The number of nitrogens with zero attached hydrogens (tertiary/aromatic N) is 1. The third kappa shape index (κ3) is 3.03. The molecule has 1 aromatic carbocycles. The van der Waals surface area contributed by atoms with Crippen molar-refractivity contribution in [1.82, 2.24) is 0 Å². The van der Waals surface area contributed by atoms with Crippen LogP contribution in [0.1, 0.15) is 12.5 Å². The number of hydrogen-bond donors (Lipinski definition) is 1. The Kier molecular flexibility index (Phi) is 4.36. The molecule has 0 bridgehead atoms. The molecule has 0 atom stereocenters. The van der Waals surface area contributed by atoms with Crippen molar-refractivity contribution in [1.29, 1.82) is 0 Å². The Morgan fingerprint density at radius 2 is 2.11 bits per heavy atom. The lowest BCUT2D eigenvalue weighted by atomic mass is 10.1. The van der Waals surface area contributed by atoms with Crippen LogP contribution in [0.5, 0.6) is 0 Å². The first kappa shape index (κ1) is 13.6. The van der Waals surface area contributed by atoms with E-state index in [1.165, 1.54) is 12.1 Å². The Hall–Kier alpha value is -2.44. The van der Waals surface area contributed by atoms with Gasteiger partial charge in [-0.05, 0) is 19.4 Å². The molecule has 7 heteroatoms. The number of benzene rings is 1. The highest BCUT2D eigenvalue weighted by Crippen LogP contribution is 2.27. The summed E-state index contributed by atoms with van der Waals surface area (Å²) in [5.41, 5.74) is 0.218. The van der Waals surface area contributed by atoms with Crippen LogP contribution < -0.4 is 5.32 Å². The minimum atomic E-state index is -1.07. The molecule has 0 fully saturated rings. The molecule has 0 aliphatic rings. The van der Waals surface area contributed by atoms with Gasteiger partial charge in [-0.25, -0.2) is 4.79 Å². The van der Waals surface area contributed by atoms with Crippen molar-refractivity contribution in [3.05, 3.63) is 33.9 Å². The first-order valence-electron chi connectivity index (χ1n) is 5.19. The number of aryl methyl sites for hydroxylation is 1. The van der Waals surface area contributed by atoms with Crippen LogP contribution in [0, 0.1) is 17.0 Å². The van der Waals surface area contributed by atoms with Crippen molar-refractivity contribution in [3.8, 4) is 0 Å². The molecular formula is C11H12N2O5. The number of amides is 1. The first-order valence-corrected chi connectivity index (χ1v) is 5.19. The summed E-state index contributed by atoms with van der Waals surface area (Å²) in [4.78, 5) is 32.7. The van der Waals surface area contributed by atoms with Gasteiger partial charge in [0.2, 0.25) is 0 Å². The van der Waals surface area contributed by atoms with Gasteiger partial charge in [0.15, 0.2) is 0 Å². The van der Waals surface area contributed by atoms with Gasteiger partial charge in [-0.15, -0.1) is 0 Å². The predicted molar refractivity (Wildman–Crippen MR) is 63.1 cm³/mol. The van der Waals surface area contributed by atoms with Crippen LogP contribution in [-0.4, -0.2) is 23.4 Å². The van der Waals surface area contributed by atoms with Crippen molar-refractivity contribution in [2.24, 2.45) is 0 Å². The van der Waals surface area contributed by atoms with E-state index < -0.39 is 16.8 Å². The lowest BCUT2D eigenvalue weighted by molar-refractivity contribution is -0.384. The molecule has 96 valence electrons. The number of nitrogens with one attached hydrogen (secondary N) is 1. The second-order valence-electron chi connectivity index (χ2n) is 3.40. The quantitative estimate of drug-likeness (QED) is 0.379. The second-order valence-corrected chi connectivity index (χ2v) is 3.40. The van der Waals surface area contributed by atoms with Gasteiger partial charge in [-0.1, -0.05) is 12.1 Å². The molecule has 0 heterocycles. The Labute approximate surface area is 103 Å². The molecule has 1 N–H and O–H groups in total. The first-order chi connectivity index (χ1) is 8.47. The van der Waals surface area contributed by atoms with E-state index in [4.69, 9.17) is 0 Å². The van der Waals surface area contributed by atoms with Crippen LogP contribution in [0.4, 0.5) is 11.4 Å². The SMILES string of the molecule is CCOC(=O)C(=O)Nc1c(C)cccc1[N+](=O)[O-]. The normalized spacial score (nSPS) is 9.67. The van der Waals surface area contributed by atoms with Gasteiger partial charge in [0.25, 0.3) is 5.69 Å². The maximum absolute atomic E-state index is 11.4. The fourth-order valence-electron chi connectivity index (χ4n) is 1.33. The molecule has 0 radical (unpaired) electrons. The van der Waals surface area contributed by atoms with Gasteiger partial charge in [-0.3, -0.25) is 14.9 Å². The number of esters is 1. The summed E-state index contributed by atoms with van der Waals surface area (Å²) in [5.74, 6) is -2.11. The lowest BCUT2D eigenvalue weighted by Crippen LogP contribution is -2.25. The number of nitro groups is 1. The van der Waals surface area contributed by atoms with E-state index in [0.29, 0.717) is 5.56 Å². The standard InChI is InChI=1S/C11H12N2O5/c1-3-18-11(15)10(14)12-9-7(2)5-4-6-8(9)13(16)17/h4-6H,3H2,1-2H3,(H,12,14). The van der Waals surface area contributed by atoms with Gasteiger partial charge >= 0.3 is 11.9 Å². The molecule has 18 heavy (non-hydrogen) atoms. The Morgan fingerprint density at radius 3 is 2.67 bits per heavy atom. The summed E-state index contributed by atoms with van der Waals surface area (Å²) < 4.78 is 4.50. The van der Waals surface area contributed by atoms with Crippen LogP contribution >= 0.6 is 0 Å². The van der Waals surface area contributed by atoms with Crippen LogP contribution in [0.3, 0.4) is 0 Å². The summed E-state index contributed by atoms with van der Waals surface area (Å²) in [6.07, 6.45) is 0. The number of anilines is 1. The number of ether oxygens (including phenoxy) is 1. The lowest BCUT2D eigenvalue weighted by Gasteiger charge is -2.07. The molecule has 0 spiro atoms. The Bertz CT molecular complexity index is 498. The molecule has 1 amide bonds. The van der Waals surface area contributed by atoms with Crippen LogP contribution in [0.2, 0.25) is 0 Å². The third-order valence-electron chi connectivity index (χ3n) is 2.15. The van der Waals surface area contributed by atoms with Crippen molar-refractivity contribution >= 4 is 23.3 Å². The average molecular weight is 252 g/mol. The van der Waals surface area contributed by atoms with E-state index in [9.17, 15) is 19.7 Å². The van der Waals surface area contributed by atoms with Crippen LogP contribution in [0.15, 0.2) is 18.2 Å². The van der Waals surface area contributed by atoms with Gasteiger partial charge < -0.3 is 10.1 Å². The fourth-order valence-corrected chi connectivity index (χ4v) is 1.33. The van der Waals surface area contributed by atoms with E-state index in [0.717, 1.165) is 0 Å². The number of rotatable bonds is 3. The highest BCUT2D eigenvalue weighted by atomic mass is 16.6. The van der Waals surface area contributed by atoms with E-state index in [1.54, 1.807) is 19.9 Å². The zero-order valence-corrected chi connectivity index (χ0v) is 9.93. The maximum Gasteiger partial charge on any atom is 0.397 e. The third-order valence-corrected chi connectivity index (χ3v) is 2.15. The number of nitro benzene ring substituents is 1. The zero-order chi connectivity index (χ0) is 13.7. The van der Waals surface area contributed by atoms with Crippen LogP contribution in [0.25, 0.3) is 0 Å². The number of para-hydroxylation sites is 1.